The van der Waals surface area contributed by atoms with Gasteiger partial charge in [0.25, 0.3) is 5.91 Å². The van der Waals surface area contributed by atoms with Crippen LogP contribution in [-0.2, 0) is 9.59 Å². The molecule has 11 heteroatoms. The summed E-state index contributed by atoms with van der Waals surface area (Å²) >= 11 is 11.8. The fourth-order valence-corrected chi connectivity index (χ4v) is 5.23. The Labute approximate surface area is 316 Å². The van der Waals surface area contributed by atoms with Gasteiger partial charge in [0.15, 0.2) is 23.0 Å². The molecule has 0 spiro atoms. The molecule has 0 aromatic heterocycles. The van der Waals surface area contributed by atoms with E-state index in [1.54, 1.807) is 125 Å². The molecule has 5 aromatic carbocycles. The van der Waals surface area contributed by atoms with Crippen LogP contribution in [0.15, 0.2) is 121 Å². The fourth-order valence-electron chi connectivity index (χ4n) is 4.98. The summed E-state index contributed by atoms with van der Waals surface area (Å²) < 4.78 is 17.3. The third-order valence-electron chi connectivity index (χ3n) is 8.03. The summed E-state index contributed by atoms with van der Waals surface area (Å²) in [5.74, 6) is -1.04. The topological polar surface area (TPSA) is 125 Å². The number of hydrogen-bond acceptors (Lipinski definition) is 8. The zero-order valence-electron chi connectivity index (χ0n) is 29.3. The Morgan fingerprint density at radius 1 is 0.491 bits per heavy atom. The minimum atomic E-state index is -1.40. The Bertz CT molecular complexity index is 2120. The second-order valence-corrected chi connectivity index (χ2v) is 13.8. The van der Waals surface area contributed by atoms with E-state index < -0.39 is 23.1 Å². The third-order valence-corrected chi connectivity index (χ3v) is 8.53. The average Bonchev–Trinajstić information content (AvgIpc) is 3.14. The molecule has 0 fully saturated rings. The van der Waals surface area contributed by atoms with Crippen LogP contribution in [0.25, 0.3) is 0 Å². The molecule has 0 atom stereocenters. The number of ether oxygens (including phenoxy) is 3. The highest BCUT2D eigenvalue weighted by molar-refractivity contribution is 6.31. The van der Waals surface area contributed by atoms with Crippen molar-refractivity contribution in [2.24, 2.45) is 0 Å². The molecule has 0 aliphatic carbocycles. The maximum absolute atomic E-state index is 13.0. The summed E-state index contributed by atoms with van der Waals surface area (Å²) in [6, 6.07) is 31.8. The lowest BCUT2D eigenvalue weighted by Crippen LogP contribution is -2.47. The minimum Gasteiger partial charge on any atom is -0.478 e. The summed E-state index contributed by atoms with van der Waals surface area (Å²) in [6.45, 7) is 5.92. The van der Waals surface area contributed by atoms with Crippen molar-refractivity contribution in [3.05, 3.63) is 159 Å². The first kappa shape index (κ1) is 38.5. The number of Topliss-reactive ketones (excluding diaryl/α,β-unsaturated/α-hetero) is 1. The maximum Gasteiger partial charge on any atom is 0.355 e. The SMILES string of the molecule is CC(C)(Oc1ccc(C(=O)c2ccc(Cl)cc2)cc1)C(=O)NCC(=O)c1ccc(OC(=O)C(C)(C)Oc2ccc(C(=O)c3ccc(Cl)cc3)cc2)cc1. The molecule has 0 aliphatic heterocycles. The normalized spacial score (nSPS) is 11.3. The van der Waals surface area contributed by atoms with Crippen molar-refractivity contribution in [3.63, 3.8) is 0 Å². The molecule has 270 valence electrons. The molecule has 5 rings (SSSR count). The number of carbonyl (C=O) groups excluding carboxylic acids is 5. The van der Waals surface area contributed by atoms with Gasteiger partial charge < -0.3 is 19.5 Å². The van der Waals surface area contributed by atoms with E-state index in [1.165, 1.54) is 24.3 Å². The van der Waals surface area contributed by atoms with Crippen molar-refractivity contribution in [2.45, 2.75) is 38.9 Å². The predicted molar refractivity (Wildman–Crippen MR) is 201 cm³/mol. The first-order chi connectivity index (χ1) is 25.1. The minimum absolute atomic E-state index is 0.182. The number of hydrogen-bond donors (Lipinski definition) is 1. The van der Waals surface area contributed by atoms with Crippen molar-refractivity contribution in [1.82, 2.24) is 5.32 Å². The zero-order chi connectivity index (χ0) is 38.3. The van der Waals surface area contributed by atoms with Gasteiger partial charge in [-0.25, -0.2) is 4.79 Å². The van der Waals surface area contributed by atoms with E-state index in [4.69, 9.17) is 37.4 Å². The Morgan fingerprint density at radius 3 is 1.25 bits per heavy atom. The van der Waals surface area contributed by atoms with Crippen LogP contribution >= 0.6 is 23.2 Å². The number of esters is 1. The molecule has 5 aromatic rings. The first-order valence-corrected chi connectivity index (χ1v) is 17.2. The molecule has 0 aliphatic rings. The summed E-state index contributed by atoms with van der Waals surface area (Å²) in [5, 5.41) is 3.67. The summed E-state index contributed by atoms with van der Waals surface area (Å²) in [4.78, 5) is 64.3. The Hall–Kier alpha value is -5.77. The first-order valence-electron chi connectivity index (χ1n) is 16.4. The van der Waals surface area contributed by atoms with Gasteiger partial charge in [-0.3, -0.25) is 19.2 Å². The largest absolute Gasteiger partial charge is 0.478 e. The van der Waals surface area contributed by atoms with Gasteiger partial charge in [-0.1, -0.05) is 23.2 Å². The van der Waals surface area contributed by atoms with E-state index in [0.717, 1.165) is 0 Å². The van der Waals surface area contributed by atoms with Gasteiger partial charge in [-0.15, -0.1) is 0 Å². The van der Waals surface area contributed by atoms with Crippen LogP contribution in [0.3, 0.4) is 0 Å². The van der Waals surface area contributed by atoms with Gasteiger partial charge in [0, 0.05) is 37.9 Å². The number of rotatable bonds is 14. The molecule has 1 N–H and O–H groups in total. The predicted octanol–water partition coefficient (Wildman–Crippen LogP) is 8.37. The number of nitrogens with one attached hydrogen (secondary N) is 1. The Morgan fingerprint density at radius 2 is 0.830 bits per heavy atom. The van der Waals surface area contributed by atoms with Crippen LogP contribution < -0.4 is 19.5 Å². The molecule has 0 saturated carbocycles. The van der Waals surface area contributed by atoms with Crippen molar-refractivity contribution in [2.75, 3.05) is 6.54 Å². The third kappa shape index (κ3) is 9.97. The lowest BCUT2D eigenvalue weighted by Gasteiger charge is -2.25. The van der Waals surface area contributed by atoms with Crippen LogP contribution in [0.2, 0.25) is 10.0 Å². The highest BCUT2D eigenvalue weighted by atomic mass is 35.5. The van der Waals surface area contributed by atoms with E-state index in [9.17, 15) is 24.0 Å². The second kappa shape index (κ2) is 16.3. The average molecular weight is 753 g/mol. The molecule has 0 unspecified atom stereocenters. The van der Waals surface area contributed by atoms with Crippen LogP contribution in [0, 0.1) is 0 Å². The summed E-state index contributed by atoms with van der Waals surface area (Å²) in [6.07, 6.45) is 0. The lowest BCUT2D eigenvalue weighted by molar-refractivity contribution is -0.149. The van der Waals surface area contributed by atoms with Crippen LogP contribution in [-0.4, -0.2) is 47.0 Å². The number of ketones is 3. The highest BCUT2D eigenvalue weighted by Crippen LogP contribution is 2.25. The lowest BCUT2D eigenvalue weighted by atomic mass is 10.0. The van der Waals surface area contributed by atoms with Gasteiger partial charge in [0.05, 0.1) is 6.54 Å². The van der Waals surface area contributed by atoms with Gasteiger partial charge in [-0.05, 0) is 149 Å². The van der Waals surface area contributed by atoms with Gasteiger partial charge in [-0.2, -0.15) is 0 Å². The van der Waals surface area contributed by atoms with Crippen molar-refractivity contribution in [3.8, 4) is 17.2 Å². The van der Waals surface area contributed by atoms with E-state index in [-0.39, 0.29) is 35.2 Å². The molecule has 0 saturated heterocycles. The second-order valence-electron chi connectivity index (χ2n) is 13.0. The monoisotopic (exact) mass is 751 g/mol. The molecule has 0 bridgehead atoms. The van der Waals surface area contributed by atoms with Crippen LogP contribution in [0.5, 0.6) is 17.2 Å². The summed E-state index contributed by atoms with van der Waals surface area (Å²) in [7, 11) is 0. The van der Waals surface area contributed by atoms with E-state index in [0.29, 0.717) is 43.8 Å². The van der Waals surface area contributed by atoms with E-state index in [1.807, 2.05) is 0 Å². The smallest absolute Gasteiger partial charge is 0.355 e. The molecule has 1 amide bonds. The van der Waals surface area contributed by atoms with Gasteiger partial charge >= 0.3 is 5.97 Å². The fraction of sp³-hybridized carbons (Fsp3) is 0.167. The number of halogens is 2. The molecular weight excluding hydrogens is 717 g/mol. The molecule has 9 nitrogen and oxygen atoms in total. The maximum atomic E-state index is 13.0. The number of carbonyl (C=O) groups is 5. The Kier molecular flexibility index (Phi) is 11.8. The van der Waals surface area contributed by atoms with Crippen molar-refractivity contribution < 1.29 is 38.2 Å². The van der Waals surface area contributed by atoms with Crippen molar-refractivity contribution in [1.29, 1.82) is 0 Å². The molecule has 53 heavy (non-hydrogen) atoms. The molecule has 0 radical (unpaired) electrons. The van der Waals surface area contributed by atoms with E-state index >= 15 is 0 Å². The highest BCUT2D eigenvalue weighted by Gasteiger charge is 2.33. The van der Waals surface area contributed by atoms with E-state index in [2.05, 4.69) is 5.32 Å². The quantitative estimate of drug-likeness (QED) is 0.0682. The Balaban J connectivity index is 1.09. The van der Waals surface area contributed by atoms with Crippen LogP contribution in [0.4, 0.5) is 0 Å². The number of amides is 1. The number of benzene rings is 5. The standard InChI is InChI=1S/C42H35Cl2NO8/c1-41(2,52-34-21-11-29(12-22-34)37(47)27-5-15-31(43)16-6-27)39(49)45-25-36(46)26-9-19-33(20-10-26)51-40(50)42(3,4)53-35-23-13-30(14-24-35)38(48)28-7-17-32(44)18-8-28/h5-24H,25H2,1-4H3,(H,45,49). The van der Waals surface area contributed by atoms with Gasteiger partial charge in [0.2, 0.25) is 5.60 Å². The molecule has 0 heterocycles. The van der Waals surface area contributed by atoms with Crippen LogP contribution in [0.1, 0.15) is 69.9 Å². The summed E-state index contributed by atoms with van der Waals surface area (Å²) in [5.41, 5.74) is -0.588. The van der Waals surface area contributed by atoms with Gasteiger partial charge in [0.1, 0.15) is 17.2 Å². The van der Waals surface area contributed by atoms with Crippen molar-refractivity contribution >= 4 is 52.4 Å². The molecular formula is C42H35Cl2NO8. The zero-order valence-corrected chi connectivity index (χ0v) is 30.8.